The average molecular weight is 238 g/mol. The predicted molar refractivity (Wildman–Crippen MR) is 69.6 cm³/mol. The molecule has 2 fully saturated rings. The van der Waals surface area contributed by atoms with E-state index < -0.39 is 11.2 Å². The van der Waals surface area contributed by atoms with Gasteiger partial charge < -0.3 is 10.2 Å². The lowest BCUT2D eigenvalue weighted by molar-refractivity contribution is -0.180. The van der Waals surface area contributed by atoms with Crippen LogP contribution in [0.25, 0.3) is 0 Å². The molecule has 0 aromatic heterocycles. The fourth-order valence-corrected chi connectivity index (χ4v) is 3.93. The van der Waals surface area contributed by atoms with Crippen LogP contribution in [0, 0.1) is 17.8 Å². The van der Waals surface area contributed by atoms with Crippen molar-refractivity contribution in [1.29, 1.82) is 0 Å². The van der Waals surface area contributed by atoms with Crippen molar-refractivity contribution in [3.8, 4) is 0 Å². The molecule has 0 spiro atoms. The Bertz CT molecular complexity index is 319. The quantitative estimate of drug-likeness (QED) is 0.690. The first-order valence-electron chi connectivity index (χ1n) is 6.89. The van der Waals surface area contributed by atoms with Gasteiger partial charge in [0.15, 0.2) is 0 Å². The summed E-state index contributed by atoms with van der Waals surface area (Å²) in [5, 5.41) is 21.5. The van der Waals surface area contributed by atoms with Crippen LogP contribution in [0.3, 0.4) is 0 Å². The molecule has 0 heterocycles. The molecule has 0 aliphatic heterocycles. The highest BCUT2D eigenvalue weighted by Gasteiger charge is 2.54. The Hall–Kier alpha value is -0.340. The molecule has 17 heavy (non-hydrogen) atoms. The standard InChI is InChI=1S/C15H26O2/c1-10(2)15(17)8-7-14(4,16)12-6-5-11(3)9-13(12)15/h10,12-13,16-17H,3,5-9H2,1-2,4H3. The number of aliphatic hydroxyl groups is 2. The summed E-state index contributed by atoms with van der Waals surface area (Å²) < 4.78 is 0. The van der Waals surface area contributed by atoms with E-state index in [1.54, 1.807) is 0 Å². The Morgan fingerprint density at radius 3 is 2.47 bits per heavy atom. The van der Waals surface area contributed by atoms with Gasteiger partial charge in [0, 0.05) is 0 Å². The Kier molecular flexibility index (Phi) is 3.16. The molecule has 2 heteroatoms. The summed E-state index contributed by atoms with van der Waals surface area (Å²) in [4.78, 5) is 0. The fraction of sp³-hybridized carbons (Fsp3) is 0.867. The van der Waals surface area contributed by atoms with Crippen LogP contribution in [0.2, 0.25) is 0 Å². The van der Waals surface area contributed by atoms with E-state index in [4.69, 9.17) is 0 Å². The first-order chi connectivity index (χ1) is 7.77. The van der Waals surface area contributed by atoms with Crippen molar-refractivity contribution in [2.45, 2.75) is 64.1 Å². The third kappa shape index (κ3) is 2.06. The van der Waals surface area contributed by atoms with Gasteiger partial charge in [-0.25, -0.2) is 0 Å². The van der Waals surface area contributed by atoms with Crippen LogP contribution in [0.5, 0.6) is 0 Å². The topological polar surface area (TPSA) is 40.5 Å². The first-order valence-corrected chi connectivity index (χ1v) is 6.89. The molecular formula is C15H26O2. The van der Waals surface area contributed by atoms with E-state index in [2.05, 4.69) is 20.4 Å². The van der Waals surface area contributed by atoms with Crippen LogP contribution >= 0.6 is 0 Å². The van der Waals surface area contributed by atoms with Crippen molar-refractivity contribution >= 4 is 0 Å². The van der Waals surface area contributed by atoms with Crippen molar-refractivity contribution in [1.82, 2.24) is 0 Å². The van der Waals surface area contributed by atoms with Crippen LogP contribution in [-0.4, -0.2) is 21.4 Å². The van der Waals surface area contributed by atoms with Crippen LogP contribution in [0.1, 0.15) is 52.9 Å². The molecule has 2 nitrogen and oxygen atoms in total. The number of hydrogen-bond acceptors (Lipinski definition) is 2. The number of fused-ring (bicyclic) bond motifs is 1. The molecule has 0 aromatic rings. The van der Waals surface area contributed by atoms with Gasteiger partial charge >= 0.3 is 0 Å². The summed E-state index contributed by atoms with van der Waals surface area (Å²) in [6.45, 7) is 10.2. The Morgan fingerprint density at radius 1 is 1.24 bits per heavy atom. The van der Waals surface area contributed by atoms with Crippen molar-refractivity contribution in [2.24, 2.45) is 17.8 Å². The molecule has 98 valence electrons. The molecule has 2 aliphatic carbocycles. The van der Waals surface area contributed by atoms with E-state index in [1.807, 2.05) is 6.92 Å². The summed E-state index contributed by atoms with van der Waals surface area (Å²) in [7, 11) is 0. The monoisotopic (exact) mass is 238 g/mol. The molecule has 2 rings (SSSR count). The fourth-order valence-electron chi connectivity index (χ4n) is 3.93. The van der Waals surface area contributed by atoms with Crippen molar-refractivity contribution in [3.63, 3.8) is 0 Å². The van der Waals surface area contributed by atoms with Crippen molar-refractivity contribution in [3.05, 3.63) is 12.2 Å². The van der Waals surface area contributed by atoms with Crippen LogP contribution < -0.4 is 0 Å². The summed E-state index contributed by atoms with van der Waals surface area (Å²) in [6.07, 6.45) is 4.30. The van der Waals surface area contributed by atoms with Gasteiger partial charge in [-0.2, -0.15) is 0 Å². The van der Waals surface area contributed by atoms with Crippen LogP contribution in [0.4, 0.5) is 0 Å². The Labute approximate surface area is 105 Å². The normalized spacial score (nSPS) is 47.1. The lowest BCUT2D eigenvalue weighted by atomic mass is 9.54. The zero-order valence-electron chi connectivity index (χ0n) is 11.4. The smallest absolute Gasteiger partial charge is 0.0706 e. The second kappa shape index (κ2) is 4.10. The van der Waals surface area contributed by atoms with E-state index in [0.29, 0.717) is 6.42 Å². The average Bonchev–Trinajstić information content (AvgIpc) is 2.24. The van der Waals surface area contributed by atoms with Crippen LogP contribution in [0.15, 0.2) is 12.2 Å². The van der Waals surface area contributed by atoms with E-state index in [1.165, 1.54) is 5.57 Å². The molecule has 0 saturated heterocycles. The highest BCUT2D eigenvalue weighted by atomic mass is 16.3. The van der Waals surface area contributed by atoms with Gasteiger partial charge in [0.1, 0.15) is 0 Å². The zero-order valence-corrected chi connectivity index (χ0v) is 11.4. The maximum atomic E-state index is 10.9. The largest absolute Gasteiger partial charge is 0.390 e. The molecule has 0 radical (unpaired) electrons. The minimum Gasteiger partial charge on any atom is -0.390 e. The second-order valence-corrected chi connectivity index (χ2v) is 6.71. The number of hydrogen-bond donors (Lipinski definition) is 2. The van der Waals surface area contributed by atoms with Crippen molar-refractivity contribution in [2.75, 3.05) is 0 Å². The summed E-state index contributed by atoms with van der Waals surface area (Å²) in [5.41, 5.74) is 0.0194. The van der Waals surface area contributed by atoms with Gasteiger partial charge in [-0.05, 0) is 56.8 Å². The van der Waals surface area contributed by atoms with E-state index in [0.717, 1.165) is 25.7 Å². The summed E-state index contributed by atoms with van der Waals surface area (Å²) >= 11 is 0. The van der Waals surface area contributed by atoms with Gasteiger partial charge in [-0.3, -0.25) is 0 Å². The first kappa shape index (κ1) is 13.1. The van der Waals surface area contributed by atoms with Gasteiger partial charge in [0.25, 0.3) is 0 Å². The maximum Gasteiger partial charge on any atom is 0.0706 e. The third-order valence-electron chi connectivity index (χ3n) is 5.28. The van der Waals surface area contributed by atoms with Gasteiger partial charge in [-0.15, -0.1) is 0 Å². The molecule has 4 atom stereocenters. The SMILES string of the molecule is C=C1CCC2C(C1)C(O)(C(C)C)CCC2(C)O. The molecule has 4 unspecified atom stereocenters. The number of allylic oxidation sites excluding steroid dienone is 1. The molecule has 0 bridgehead atoms. The maximum absolute atomic E-state index is 10.9. The molecule has 0 amide bonds. The third-order valence-corrected chi connectivity index (χ3v) is 5.28. The van der Waals surface area contributed by atoms with Crippen LogP contribution in [-0.2, 0) is 0 Å². The number of rotatable bonds is 1. The van der Waals surface area contributed by atoms with E-state index in [9.17, 15) is 10.2 Å². The Balaban J connectivity index is 2.32. The second-order valence-electron chi connectivity index (χ2n) is 6.71. The van der Waals surface area contributed by atoms with E-state index in [-0.39, 0.29) is 17.8 Å². The highest BCUT2D eigenvalue weighted by molar-refractivity contribution is 5.13. The minimum absolute atomic E-state index is 0.188. The molecule has 2 aliphatic rings. The Morgan fingerprint density at radius 2 is 1.88 bits per heavy atom. The molecule has 2 saturated carbocycles. The summed E-state index contributed by atoms with van der Waals surface area (Å²) in [5.74, 6) is 0.665. The van der Waals surface area contributed by atoms with Gasteiger partial charge in [0.2, 0.25) is 0 Å². The minimum atomic E-state index is -0.615. The lowest BCUT2D eigenvalue weighted by Gasteiger charge is -2.55. The van der Waals surface area contributed by atoms with Crippen molar-refractivity contribution < 1.29 is 10.2 Å². The van der Waals surface area contributed by atoms with Gasteiger partial charge in [-0.1, -0.05) is 26.0 Å². The zero-order chi connectivity index (χ0) is 12.8. The summed E-state index contributed by atoms with van der Waals surface area (Å²) in [6, 6.07) is 0. The van der Waals surface area contributed by atoms with Gasteiger partial charge in [0.05, 0.1) is 11.2 Å². The lowest BCUT2D eigenvalue weighted by Crippen LogP contribution is -2.58. The predicted octanol–water partition coefficient (Wildman–Crippen LogP) is 2.89. The molecular weight excluding hydrogens is 212 g/mol. The molecule has 0 aromatic carbocycles. The highest BCUT2D eigenvalue weighted by Crippen LogP contribution is 2.53. The van der Waals surface area contributed by atoms with E-state index >= 15 is 0 Å². The molecule has 2 N–H and O–H groups in total.